The van der Waals surface area contributed by atoms with E-state index >= 15 is 0 Å². The van der Waals surface area contributed by atoms with E-state index in [4.69, 9.17) is 0 Å². The van der Waals surface area contributed by atoms with Crippen LogP contribution in [0, 0.1) is 0 Å². The topological polar surface area (TPSA) is 89.8 Å². The van der Waals surface area contributed by atoms with Crippen LogP contribution in [0.15, 0.2) is 9.59 Å². The molecule has 0 saturated heterocycles. The van der Waals surface area contributed by atoms with Crippen molar-refractivity contribution in [3.63, 3.8) is 0 Å². The molecule has 0 atom stereocenters. The number of nitrogens with zero attached hydrogens (tertiary/aromatic N) is 3. The zero-order valence-electron chi connectivity index (χ0n) is 9.56. The lowest BCUT2D eigenvalue weighted by Crippen LogP contribution is -2.30. The van der Waals surface area contributed by atoms with Gasteiger partial charge in [-0.1, -0.05) is 0 Å². The van der Waals surface area contributed by atoms with E-state index < -0.39 is 11.2 Å². The van der Waals surface area contributed by atoms with Crippen molar-refractivity contribution < 1.29 is 4.79 Å². The van der Waals surface area contributed by atoms with Crippen molar-refractivity contribution in [3.05, 3.63) is 26.7 Å². The molecule has 0 amide bonds. The van der Waals surface area contributed by atoms with Crippen LogP contribution in [0.5, 0.6) is 0 Å². The van der Waals surface area contributed by atoms with Crippen molar-refractivity contribution in [3.8, 4) is 0 Å². The van der Waals surface area contributed by atoms with Gasteiger partial charge in [-0.2, -0.15) is 0 Å². The number of carbonyl (C=O) groups excluding carboxylic acids is 1. The molecule has 0 saturated carbocycles. The Balaban J connectivity index is 3.06. The highest BCUT2D eigenvalue weighted by molar-refractivity contribution is 5.80. The number of hydrogen-bond acceptors (Lipinski definition) is 4. The third kappa shape index (κ3) is 1.50. The lowest BCUT2D eigenvalue weighted by atomic mass is 10.5. The molecule has 2 heterocycles. The normalized spacial score (nSPS) is 10.9. The van der Waals surface area contributed by atoms with Crippen molar-refractivity contribution >= 4 is 17.5 Å². The minimum absolute atomic E-state index is 0.154. The van der Waals surface area contributed by atoms with E-state index in [0.717, 1.165) is 0 Å². The van der Waals surface area contributed by atoms with Gasteiger partial charge in [0.2, 0.25) is 0 Å². The first kappa shape index (κ1) is 11.3. The minimum atomic E-state index is -0.517. The zero-order chi connectivity index (χ0) is 12.6. The summed E-state index contributed by atoms with van der Waals surface area (Å²) >= 11 is 0. The summed E-state index contributed by atoms with van der Waals surface area (Å²) in [7, 11) is 0. The van der Waals surface area contributed by atoms with Crippen LogP contribution in [0.1, 0.15) is 24.5 Å². The summed E-state index contributed by atoms with van der Waals surface area (Å²) in [6, 6.07) is 0. The molecule has 17 heavy (non-hydrogen) atoms. The average molecular weight is 236 g/mol. The van der Waals surface area contributed by atoms with Gasteiger partial charge in [0.15, 0.2) is 23.3 Å². The van der Waals surface area contributed by atoms with Gasteiger partial charge in [0.1, 0.15) is 0 Å². The van der Waals surface area contributed by atoms with Crippen LogP contribution >= 0.6 is 0 Å². The van der Waals surface area contributed by atoms with Gasteiger partial charge in [0, 0.05) is 13.1 Å². The molecule has 90 valence electrons. The van der Waals surface area contributed by atoms with E-state index in [1.807, 2.05) is 0 Å². The molecule has 0 bridgehead atoms. The van der Waals surface area contributed by atoms with Gasteiger partial charge in [-0.3, -0.25) is 19.1 Å². The summed E-state index contributed by atoms with van der Waals surface area (Å²) in [4.78, 5) is 40.4. The summed E-state index contributed by atoms with van der Waals surface area (Å²) < 4.78 is 2.82. The van der Waals surface area contributed by atoms with Gasteiger partial charge in [0.05, 0.1) is 0 Å². The molecule has 0 spiro atoms. The minimum Gasteiger partial charge on any atom is -0.316 e. The van der Waals surface area contributed by atoms with E-state index in [0.29, 0.717) is 19.4 Å². The summed E-state index contributed by atoms with van der Waals surface area (Å²) in [6.45, 7) is 4.39. The molecule has 2 aromatic heterocycles. The second-order valence-corrected chi connectivity index (χ2v) is 3.51. The Labute approximate surface area is 95.7 Å². The lowest BCUT2D eigenvalue weighted by molar-refractivity contribution is 0.111. The smallest absolute Gasteiger partial charge is 0.316 e. The van der Waals surface area contributed by atoms with Crippen LogP contribution in [0.3, 0.4) is 0 Å². The Kier molecular flexibility index (Phi) is 2.66. The second-order valence-electron chi connectivity index (χ2n) is 3.51. The van der Waals surface area contributed by atoms with Crippen LogP contribution < -0.4 is 11.2 Å². The first-order valence-corrected chi connectivity index (χ1v) is 5.32. The van der Waals surface area contributed by atoms with Gasteiger partial charge in [-0.25, -0.2) is 9.78 Å². The van der Waals surface area contributed by atoms with Crippen molar-refractivity contribution in [1.82, 2.24) is 19.1 Å². The highest BCUT2D eigenvalue weighted by Gasteiger charge is 2.16. The molecule has 2 rings (SSSR count). The second kappa shape index (κ2) is 4.00. The Morgan fingerprint density at radius 1 is 1.24 bits per heavy atom. The molecule has 7 nitrogen and oxygen atoms in total. The van der Waals surface area contributed by atoms with E-state index in [9.17, 15) is 14.4 Å². The van der Waals surface area contributed by atoms with E-state index in [1.165, 1.54) is 9.13 Å². The molecule has 2 aromatic rings. The zero-order valence-corrected chi connectivity index (χ0v) is 9.56. The van der Waals surface area contributed by atoms with E-state index in [1.54, 1.807) is 13.8 Å². The third-order valence-electron chi connectivity index (χ3n) is 2.65. The Morgan fingerprint density at radius 3 is 2.41 bits per heavy atom. The number of rotatable bonds is 3. The standard InChI is InChI=1S/C10H12N4O3/c1-3-13-6(5-15)11-8-7(13)9(16)12-10(17)14(8)4-2/h5H,3-4H2,1-2H3,(H,12,16,17). The number of carbonyl (C=O) groups is 1. The maximum atomic E-state index is 11.7. The van der Waals surface area contributed by atoms with Crippen molar-refractivity contribution in [2.75, 3.05) is 0 Å². The van der Waals surface area contributed by atoms with Crippen LogP contribution in [0.2, 0.25) is 0 Å². The summed E-state index contributed by atoms with van der Waals surface area (Å²) in [5.74, 6) is 0.154. The van der Waals surface area contributed by atoms with E-state index in [-0.39, 0.29) is 17.0 Å². The molecule has 7 heteroatoms. The number of imidazole rings is 1. The third-order valence-corrected chi connectivity index (χ3v) is 2.65. The molecule has 0 aliphatic rings. The van der Waals surface area contributed by atoms with Gasteiger partial charge < -0.3 is 4.57 Å². The molecule has 0 fully saturated rings. The van der Waals surface area contributed by atoms with Crippen molar-refractivity contribution in [2.24, 2.45) is 0 Å². The number of nitrogens with one attached hydrogen (secondary N) is 1. The first-order chi connectivity index (χ1) is 8.13. The van der Waals surface area contributed by atoms with Crippen LogP contribution in [0.25, 0.3) is 11.2 Å². The van der Waals surface area contributed by atoms with Gasteiger partial charge >= 0.3 is 5.69 Å². The van der Waals surface area contributed by atoms with Gasteiger partial charge in [-0.05, 0) is 13.8 Å². The SMILES string of the molecule is CCn1c(C=O)nc2c1c(=O)[nH]c(=O)n2CC. The fourth-order valence-electron chi connectivity index (χ4n) is 1.89. The predicted molar refractivity (Wildman–Crippen MR) is 61.3 cm³/mol. The largest absolute Gasteiger partial charge is 0.330 e. The van der Waals surface area contributed by atoms with Crippen LogP contribution in [-0.4, -0.2) is 25.4 Å². The van der Waals surface area contributed by atoms with Crippen LogP contribution in [0.4, 0.5) is 0 Å². The number of aldehydes is 1. The fourth-order valence-corrected chi connectivity index (χ4v) is 1.89. The summed E-state index contributed by atoms with van der Waals surface area (Å²) in [5.41, 5.74) is -0.512. The predicted octanol–water partition coefficient (Wildman–Crippen LogP) is -0.261. The molecule has 0 aliphatic heterocycles. The lowest BCUT2D eigenvalue weighted by Gasteiger charge is -2.02. The van der Waals surface area contributed by atoms with Gasteiger partial charge in [0.25, 0.3) is 5.56 Å². The number of aromatic nitrogens is 4. The maximum absolute atomic E-state index is 11.7. The monoisotopic (exact) mass is 236 g/mol. The number of fused-ring (bicyclic) bond motifs is 1. The maximum Gasteiger partial charge on any atom is 0.330 e. The van der Waals surface area contributed by atoms with Crippen LogP contribution in [-0.2, 0) is 13.1 Å². The Bertz CT molecular complexity index is 692. The average Bonchev–Trinajstić information content (AvgIpc) is 2.68. The molecular formula is C10H12N4O3. The fraction of sp³-hybridized carbons (Fsp3) is 0.400. The van der Waals surface area contributed by atoms with Gasteiger partial charge in [-0.15, -0.1) is 0 Å². The summed E-state index contributed by atoms with van der Waals surface area (Å²) in [5, 5.41) is 0. The molecule has 0 unspecified atom stereocenters. The molecule has 1 N–H and O–H groups in total. The number of hydrogen-bond donors (Lipinski definition) is 1. The van der Waals surface area contributed by atoms with Crippen molar-refractivity contribution in [2.45, 2.75) is 26.9 Å². The first-order valence-electron chi connectivity index (χ1n) is 5.32. The highest BCUT2D eigenvalue weighted by Crippen LogP contribution is 2.09. The van der Waals surface area contributed by atoms with E-state index in [2.05, 4.69) is 9.97 Å². The quantitative estimate of drug-likeness (QED) is 0.743. The molecular weight excluding hydrogens is 224 g/mol. The Morgan fingerprint density at radius 2 is 1.88 bits per heavy atom. The highest BCUT2D eigenvalue weighted by atomic mass is 16.2. The van der Waals surface area contributed by atoms with Crippen molar-refractivity contribution in [1.29, 1.82) is 0 Å². The molecule has 0 radical (unpaired) electrons. The number of H-pyrrole nitrogens is 1. The molecule has 0 aliphatic carbocycles. The number of aromatic amines is 1. The number of aryl methyl sites for hydroxylation is 2. The molecule has 0 aromatic carbocycles. The summed E-state index contributed by atoms with van der Waals surface area (Å²) in [6.07, 6.45) is 0.577. The Hall–Kier alpha value is -2.18.